The molecular weight excluding hydrogens is 406 g/mol. The molecule has 0 spiro atoms. The SMILES string of the molecule is Cc1ccc(C(=O)OCOCNc2ccc(-c3nn4nc(C)c(Cl)c4[nH]3)cc2)cc1. The lowest BCUT2D eigenvalue weighted by molar-refractivity contribution is -0.0259. The average Bonchev–Trinajstić information content (AvgIpc) is 3.27. The van der Waals surface area contributed by atoms with Gasteiger partial charge in [0.25, 0.3) is 0 Å². The molecule has 4 rings (SSSR count). The first-order chi connectivity index (χ1) is 14.5. The summed E-state index contributed by atoms with van der Waals surface area (Å²) in [4.78, 5) is 15.1. The van der Waals surface area contributed by atoms with Crippen LogP contribution in [0.5, 0.6) is 0 Å². The monoisotopic (exact) mass is 425 g/mol. The number of benzene rings is 2. The zero-order valence-corrected chi connectivity index (χ0v) is 17.2. The van der Waals surface area contributed by atoms with Gasteiger partial charge in [0.1, 0.15) is 11.8 Å². The molecule has 2 aromatic carbocycles. The summed E-state index contributed by atoms with van der Waals surface area (Å²) in [7, 11) is 0. The topological polar surface area (TPSA) is 93.5 Å². The Hall–Kier alpha value is -3.36. The number of aryl methyl sites for hydroxylation is 2. The molecule has 8 nitrogen and oxygen atoms in total. The molecule has 0 aliphatic heterocycles. The normalized spacial score (nSPS) is 11.0. The van der Waals surface area contributed by atoms with Crippen molar-refractivity contribution in [3.63, 3.8) is 0 Å². The number of aromatic amines is 1. The van der Waals surface area contributed by atoms with Crippen LogP contribution in [-0.4, -0.2) is 39.3 Å². The molecule has 0 saturated heterocycles. The second kappa shape index (κ2) is 8.56. The van der Waals surface area contributed by atoms with E-state index in [1.165, 1.54) is 4.63 Å². The Balaban J connectivity index is 1.25. The zero-order valence-electron chi connectivity index (χ0n) is 16.5. The summed E-state index contributed by atoms with van der Waals surface area (Å²) in [5.41, 5.74) is 4.72. The molecule has 0 radical (unpaired) electrons. The van der Waals surface area contributed by atoms with Crippen LogP contribution in [0.25, 0.3) is 17.0 Å². The van der Waals surface area contributed by atoms with Crippen LogP contribution in [0.2, 0.25) is 5.02 Å². The summed E-state index contributed by atoms with van der Waals surface area (Å²) >= 11 is 6.20. The van der Waals surface area contributed by atoms with Crippen LogP contribution < -0.4 is 5.32 Å². The molecule has 2 aromatic heterocycles. The maximum absolute atomic E-state index is 11.9. The number of halogens is 1. The van der Waals surface area contributed by atoms with Crippen molar-refractivity contribution in [1.29, 1.82) is 0 Å². The van der Waals surface area contributed by atoms with E-state index in [0.29, 0.717) is 22.1 Å². The van der Waals surface area contributed by atoms with Gasteiger partial charge in [0, 0.05) is 11.3 Å². The summed E-state index contributed by atoms with van der Waals surface area (Å²) in [6.45, 7) is 3.85. The molecule has 0 bridgehead atoms. The van der Waals surface area contributed by atoms with E-state index in [0.717, 1.165) is 22.5 Å². The number of hydrogen-bond acceptors (Lipinski definition) is 6. The van der Waals surface area contributed by atoms with Crippen LogP contribution >= 0.6 is 11.6 Å². The van der Waals surface area contributed by atoms with E-state index in [1.54, 1.807) is 12.1 Å². The van der Waals surface area contributed by atoms with Gasteiger partial charge in [0.15, 0.2) is 18.3 Å². The lowest BCUT2D eigenvalue weighted by Gasteiger charge is -2.09. The van der Waals surface area contributed by atoms with Crippen LogP contribution in [0.1, 0.15) is 21.6 Å². The highest BCUT2D eigenvalue weighted by atomic mass is 35.5. The number of H-pyrrole nitrogens is 1. The highest BCUT2D eigenvalue weighted by Gasteiger charge is 2.12. The van der Waals surface area contributed by atoms with Crippen molar-refractivity contribution >= 4 is 28.9 Å². The number of rotatable bonds is 7. The standard InChI is InChI=1S/C21H20ClN5O3/c1-13-3-5-16(6-4-13)21(28)30-12-29-11-23-17-9-7-15(8-10-17)19-24-20-18(22)14(2)25-27(20)26-19/h3-10,23H,11-12H2,1-2H3,(H,24,26). The minimum absolute atomic E-state index is 0.135. The van der Waals surface area contributed by atoms with Gasteiger partial charge >= 0.3 is 5.97 Å². The number of anilines is 1. The van der Waals surface area contributed by atoms with Gasteiger partial charge < -0.3 is 19.8 Å². The Kier molecular flexibility index (Phi) is 5.69. The second-order valence-electron chi connectivity index (χ2n) is 6.73. The molecule has 4 aromatic rings. The van der Waals surface area contributed by atoms with Gasteiger partial charge in [-0.1, -0.05) is 29.3 Å². The number of hydrogen-bond donors (Lipinski definition) is 2. The van der Waals surface area contributed by atoms with Gasteiger partial charge in [-0.25, -0.2) is 4.79 Å². The predicted molar refractivity (Wildman–Crippen MR) is 114 cm³/mol. The largest absolute Gasteiger partial charge is 0.435 e. The van der Waals surface area contributed by atoms with Crippen molar-refractivity contribution in [3.8, 4) is 11.4 Å². The molecule has 9 heteroatoms. The molecule has 0 unspecified atom stereocenters. The Bertz CT molecular complexity index is 1170. The average molecular weight is 426 g/mol. The number of ether oxygens (including phenoxy) is 2. The van der Waals surface area contributed by atoms with E-state index in [4.69, 9.17) is 21.1 Å². The highest BCUT2D eigenvalue weighted by Crippen LogP contribution is 2.24. The number of fused-ring (bicyclic) bond motifs is 1. The third-order valence-corrected chi connectivity index (χ3v) is 4.95. The molecule has 0 aliphatic rings. The van der Waals surface area contributed by atoms with E-state index >= 15 is 0 Å². The van der Waals surface area contributed by atoms with Crippen LogP contribution in [0, 0.1) is 13.8 Å². The first-order valence-electron chi connectivity index (χ1n) is 9.28. The molecule has 2 N–H and O–H groups in total. The Labute approximate surface area is 177 Å². The Morgan fingerprint density at radius 3 is 2.53 bits per heavy atom. The molecule has 0 aliphatic carbocycles. The van der Waals surface area contributed by atoms with E-state index in [2.05, 4.69) is 20.5 Å². The molecule has 0 amide bonds. The van der Waals surface area contributed by atoms with Gasteiger partial charge in [-0.3, -0.25) is 0 Å². The van der Waals surface area contributed by atoms with E-state index in [-0.39, 0.29) is 13.5 Å². The smallest absolute Gasteiger partial charge is 0.340 e. The molecular formula is C21H20ClN5O3. The van der Waals surface area contributed by atoms with Crippen LogP contribution in [0.15, 0.2) is 48.5 Å². The molecule has 0 saturated carbocycles. The van der Waals surface area contributed by atoms with E-state index < -0.39 is 5.97 Å². The summed E-state index contributed by atoms with van der Waals surface area (Å²) in [5, 5.41) is 12.3. The van der Waals surface area contributed by atoms with Crippen molar-refractivity contribution < 1.29 is 14.3 Å². The fraction of sp³-hybridized carbons (Fsp3) is 0.190. The number of aromatic nitrogens is 4. The van der Waals surface area contributed by atoms with Crippen LogP contribution in [0.4, 0.5) is 5.69 Å². The summed E-state index contributed by atoms with van der Waals surface area (Å²) in [5.74, 6) is 0.254. The van der Waals surface area contributed by atoms with E-state index in [1.807, 2.05) is 50.2 Å². The quantitative estimate of drug-likeness (QED) is 0.262. The lowest BCUT2D eigenvalue weighted by Crippen LogP contribution is -2.13. The fourth-order valence-electron chi connectivity index (χ4n) is 2.82. The maximum atomic E-state index is 11.9. The van der Waals surface area contributed by atoms with Crippen LogP contribution in [0.3, 0.4) is 0 Å². The van der Waals surface area contributed by atoms with Gasteiger partial charge in [-0.15, -0.1) is 9.73 Å². The number of nitrogens with one attached hydrogen (secondary N) is 2. The minimum atomic E-state index is -0.417. The number of esters is 1. The third kappa shape index (κ3) is 4.29. The summed E-state index contributed by atoms with van der Waals surface area (Å²) in [6.07, 6.45) is 0. The van der Waals surface area contributed by atoms with Gasteiger partial charge in [-0.05, 0) is 50.2 Å². The van der Waals surface area contributed by atoms with E-state index in [9.17, 15) is 4.79 Å². The van der Waals surface area contributed by atoms with Crippen molar-refractivity contribution in [2.24, 2.45) is 0 Å². The number of carbonyl (C=O) groups excluding carboxylic acids is 1. The second-order valence-corrected chi connectivity index (χ2v) is 7.11. The predicted octanol–water partition coefficient (Wildman–Crippen LogP) is 4.20. The van der Waals surface area contributed by atoms with Crippen molar-refractivity contribution in [3.05, 3.63) is 70.4 Å². The Morgan fingerprint density at radius 1 is 1.10 bits per heavy atom. The number of carbonyl (C=O) groups is 1. The molecule has 30 heavy (non-hydrogen) atoms. The molecule has 154 valence electrons. The molecule has 0 atom stereocenters. The van der Waals surface area contributed by atoms with Gasteiger partial charge in [0.05, 0.1) is 11.3 Å². The van der Waals surface area contributed by atoms with Crippen molar-refractivity contribution in [2.45, 2.75) is 13.8 Å². The van der Waals surface area contributed by atoms with Crippen molar-refractivity contribution in [2.75, 3.05) is 18.8 Å². The minimum Gasteiger partial charge on any atom is -0.435 e. The van der Waals surface area contributed by atoms with Gasteiger partial charge in [0.2, 0.25) is 0 Å². The molecule has 2 heterocycles. The van der Waals surface area contributed by atoms with Gasteiger partial charge in [-0.2, -0.15) is 5.10 Å². The third-order valence-electron chi connectivity index (χ3n) is 4.50. The summed E-state index contributed by atoms with van der Waals surface area (Å²) in [6, 6.07) is 14.8. The maximum Gasteiger partial charge on any atom is 0.340 e. The fourth-order valence-corrected chi connectivity index (χ4v) is 2.98. The molecule has 0 fully saturated rings. The summed E-state index contributed by atoms with van der Waals surface area (Å²) < 4.78 is 11.9. The lowest BCUT2D eigenvalue weighted by atomic mass is 10.2. The Morgan fingerprint density at radius 2 is 1.83 bits per heavy atom. The van der Waals surface area contributed by atoms with Crippen LogP contribution in [-0.2, 0) is 9.47 Å². The number of nitrogens with zero attached hydrogens (tertiary/aromatic N) is 3. The highest BCUT2D eigenvalue weighted by molar-refractivity contribution is 6.34. The first-order valence-corrected chi connectivity index (χ1v) is 9.66. The zero-order chi connectivity index (χ0) is 21.1. The first kappa shape index (κ1) is 19.9. The van der Waals surface area contributed by atoms with Crippen molar-refractivity contribution in [1.82, 2.24) is 19.8 Å².